The minimum atomic E-state index is 0. The van der Waals surface area contributed by atoms with Crippen molar-refractivity contribution in [3.8, 4) is 0 Å². The quantitative estimate of drug-likeness (QED) is 0.0672. The van der Waals surface area contributed by atoms with Crippen molar-refractivity contribution in [3.63, 3.8) is 0 Å². The maximum absolute atomic E-state index is 4.78. The zero-order valence-corrected chi connectivity index (χ0v) is 28.9. The number of unbranched alkanes of at least 4 members (excludes halogenated alkanes) is 6. The zero-order valence-electron chi connectivity index (χ0n) is 24.8. The first-order valence-corrected chi connectivity index (χ1v) is 18.1. The molecule has 212 valence electrons. The van der Waals surface area contributed by atoms with Crippen molar-refractivity contribution in [2.75, 3.05) is 37.0 Å². The van der Waals surface area contributed by atoms with Gasteiger partial charge in [-0.15, -0.1) is 15.8 Å². The number of allylic oxidation sites excluding steroid dienone is 4. The van der Waals surface area contributed by atoms with Crippen LogP contribution >= 0.6 is 15.8 Å². The van der Waals surface area contributed by atoms with Crippen LogP contribution in [0, 0.1) is 13.2 Å². The van der Waals surface area contributed by atoms with E-state index < -0.39 is 0 Å². The average molecular weight is 706 g/mol. The van der Waals surface area contributed by atoms with Crippen LogP contribution in [0.1, 0.15) is 119 Å². The Balaban J connectivity index is -0.000000128. The summed E-state index contributed by atoms with van der Waals surface area (Å²) in [5, 5.41) is 0. The Labute approximate surface area is 242 Å². The minimum Gasteiger partial charge on any atom is -0.293 e. The van der Waals surface area contributed by atoms with Crippen LogP contribution in [-0.4, -0.2) is 37.0 Å². The minimum absolute atomic E-state index is 0. The normalized spacial score (nSPS) is 9.37. The van der Waals surface area contributed by atoms with E-state index >= 15 is 0 Å². The predicted molar refractivity (Wildman–Crippen MR) is 171 cm³/mol. The standard InChI is InChI=1S/2C12H27P.2C4H5.Pt/c2*1-4-7-10-13(11-8-5-2)12-9-6-3;2*1-3-4-2;/h2*4-12H2,1-3H3;2*1,3-4H,2H2;/q;;2*-1;+2. The maximum Gasteiger partial charge on any atom is 2.00 e. The Morgan fingerprint density at radius 3 is 0.686 bits per heavy atom. The first-order chi connectivity index (χ1) is 16.5. The van der Waals surface area contributed by atoms with E-state index in [0.717, 1.165) is 0 Å². The molecule has 0 aromatic rings. The van der Waals surface area contributed by atoms with Crippen LogP contribution in [0.5, 0.6) is 0 Å². The van der Waals surface area contributed by atoms with Gasteiger partial charge in [0.05, 0.1) is 0 Å². The Bertz CT molecular complexity index is 296. The summed E-state index contributed by atoms with van der Waals surface area (Å²) in [4.78, 5) is 0. The van der Waals surface area contributed by atoms with E-state index in [1.54, 1.807) is 37.0 Å². The molecule has 0 rings (SSSR count). The monoisotopic (exact) mass is 705 g/mol. The van der Waals surface area contributed by atoms with E-state index in [1.165, 1.54) is 101 Å². The van der Waals surface area contributed by atoms with Crippen LogP contribution in [0.4, 0.5) is 0 Å². The van der Waals surface area contributed by atoms with Gasteiger partial charge in [0.1, 0.15) is 0 Å². The third-order valence-corrected chi connectivity index (χ3v) is 10.9. The molecule has 0 N–H and O–H groups in total. The van der Waals surface area contributed by atoms with Gasteiger partial charge < -0.3 is 0 Å². The SMILES string of the molecule is CCCCP(CCCC)CCCC.CCCCP(CCCC)CCCC.[CH-]=CC=C.[CH-]=CC=C.[Pt+2]. The molecule has 0 fully saturated rings. The molecule has 0 aliphatic rings. The van der Waals surface area contributed by atoms with Crippen molar-refractivity contribution in [2.45, 2.75) is 119 Å². The summed E-state index contributed by atoms with van der Waals surface area (Å²) in [5.41, 5.74) is 0. The van der Waals surface area contributed by atoms with Gasteiger partial charge in [0.15, 0.2) is 0 Å². The Morgan fingerprint density at radius 1 is 0.457 bits per heavy atom. The first-order valence-electron chi connectivity index (χ1n) is 14.3. The summed E-state index contributed by atoms with van der Waals surface area (Å²) in [6, 6.07) is 0. The molecule has 0 amide bonds. The molecule has 0 saturated heterocycles. The second-order valence-electron chi connectivity index (χ2n) is 8.66. The zero-order chi connectivity index (χ0) is 26.7. The molecule has 0 aliphatic heterocycles. The van der Waals surface area contributed by atoms with E-state index in [1.807, 2.05) is 0 Å². The summed E-state index contributed by atoms with van der Waals surface area (Å²) in [7, 11) is 0.843. The second kappa shape index (κ2) is 47.7. The van der Waals surface area contributed by atoms with E-state index in [4.69, 9.17) is 13.2 Å². The van der Waals surface area contributed by atoms with E-state index in [2.05, 4.69) is 54.7 Å². The van der Waals surface area contributed by atoms with Crippen LogP contribution in [-0.2, 0) is 21.1 Å². The van der Waals surface area contributed by atoms with Gasteiger partial charge in [-0.2, -0.15) is 13.2 Å². The Kier molecular flexibility index (Phi) is 61.9. The van der Waals surface area contributed by atoms with Crippen molar-refractivity contribution in [1.29, 1.82) is 0 Å². The molecule has 0 aromatic carbocycles. The second-order valence-corrected chi connectivity index (χ2v) is 14.0. The molecule has 0 bridgehead atoms. The summed E-state index contributed by atoms with van der Waals surface area (Å²) in [6.07, 6.45) is 32.3. The molecule has 0 aliphatic carbocycles. The number of hydrogen-bond donors (Lipinski definition) is 0. The Hall–Kier alpha value is 0.508. The van der Waals surface area contributed by atoms with Crippen LogP contribution < -0.4 is 0 Å². The van der Waals surface area contributed by atoms with Crippen molar-refractivity contribution in [2.24, 2.45) is 0 Å². The van der Waals surface area contributed by atoms with Gasteiger partial charge in [-0.25, -0.2) is 24.3 Å². The maximum atomic E-state index is 4.78. The molecule has 0 aromatic heterocycles. The molecule has 0 nitrogen and oxygen atoms in total. The van der Waals surface area contributed by atoms with Crippen LogP contribution in [0.15, 0.2) is 37.5 Å². The van der Waals surface area contributed by atoms with Crippen molar-refractivity contribution >= 4 is 15.8 Å². The summed E-state index contributed by atoms with van der Waals surface area (Å²) >= 11 is 0. The summed E-state index contributed by atoms with van der Waals surface area (Å²) in [6.45, 7) is 30.0. The fourth-order valence-electron chi connectivity index (χ4n) is 2.96. The summed E-state index contributed by atoms with van der Waals surface area (Å²) < 4.78 is 0. The van der Waals surface area contributed by atoms with E-state index in [9.17, 15) is 0 Å². The van der Waals surface area contributed by atoms with E-state index in [0.29, 0.717) is 15.8 Å². The molecule has 0 heterocycles. The van der Waals surface area contributed by atoms with Gasteiger partial charge in [-0.3, -0.25) is 13.2 Å². The molecule has 35 heavy (non-hydrogen) atoms. The molecule has 0 atom stereocenters. The molecule has 0 radical (unpaired) electrons. The fourth-order valence-corrected chi connectivity index (χ4v) is 8.88. The van der Waals surface area contributed by atoms with E-state index in [-0.39, 0.29) is 21.1 Å². The third kappa shape index (κ3) is 51.9. The molecule has 0 saturated carbocycles. The van der Waals surface area contributed by atoms with Crippen LogP contribution in [0.2, 0.25) is 0 Å². The van der Waals surface area contributed by atoms with Gasteiger partial charge in [-0.05, 0) is 75.5 Å². The van der Waals surface area contributed by atoms with Crippen LogP contribution in [0.3, 0.4) is 0 Å². The molecule has 3 heteroatoms. The molecule has 0 spiro atoms. The van der Waals surface area contributed by atoms with Gasteiger partial charge in [0, 0.05) is 0 Å². The topological polar surface area (TPSA) is 0 Å². The Morgan fingerprint density at radius 2 is 0.600 bits per heavy atom. The fraction of sp³-hybridized carbons (Fsp3) is 0.750. The molecule has 0 unspecified atom stereocenters. The van der Waals surface area contributed by atoms with Gasteiger partial charge >= 0.3 is 21.1 Å². The van der Waals surface area contributed by atoms with Crippen molar-refractivity contribution in [1.82, 2.24) is 0 Å². The first kappa shape index (κ1) is 45.4. The van der Waals surface area contributed by atoms with Crippen LogP contribution in [0.25, 0.3) is 0 Å². The number of hydrogen-bond acceptors (Lipinski definition) is 0. The van der Waals surface area contributed by atoms with Crippen molar-refractivity contribution in [3.05, 3.63) is 50.6 Å². The average Bonchev–Trinajstić information content (AvgIpc) is 2.88. The van der Waals surface area contributed by atoms with Crippen molar-refractivity contribution < 1.29 is 21.1 Å². The number of rotatable bonds is 20. The molecular weight excluding hydrogens is 641 g/mol. The van der Waals surface area contributed by atoms with Gasteiger partial charge in [-0.1, -0.05) is 80.1 Å². The van der Waals surface area contributed by atoms with Gasteiger partial charge in [0.25, 0.3) is 0 Å². The van der Waals surface area contributed by atoms with Gasteiger partial charge in [0.2, 0.25) is 0 Å². The third-order valence-electron chi connectivity index (χ3n) is 5.24. The smallest absolute Gasteiger partial charge is 0.293 e. The largest absolute Gasteiger partial charge is 2.00 e. The molecular formula is C32H64P2Pt. The predicted octanol–water partition coefficient (Wildman–Crippen LogP) is 12.1. The summed E-state index contributed by atoms with van der Waals surface area (Å²) in [5.74, 6) is 0.